The molecule has 0 saturated carbocycles. The van der Waals surface area contributed by atoms with Crippen LogP contribution in [0.5, 0.6) is 0 Å². The van der Waals surface area contributed by atoms with Crippen LogP contribution in [-0.4, -0.2) is 78.9 Å². The molecule has 0 aromatic heterocycles. The van der Waals surface area contributed by atoms with Gasteiger partial charge in [0, 0.05) is 25.7 Å². The minimum absolute atomic E-state index is 0.145. The molecule has 164 valence electrons. The summed E-state index contributed by atoms with van der Waals surface area (Å²) in [5, 5.41) is 26.4. The van der Waals surface area contributed by atoms with E-state index in [-0.39, 0.29) is 35.8 Å². The molecular weight excluding hydrogens is 426 g/mol. The number of nitrogens with zero attached hydrogens (tertiary/aromatic N) is 2. The number of amides is 4. The van der Waals surface area contributed by atoms with E-state index in [1.54, 1.807) is 11.8 Å². The lowest BCUT2D eigenvalue weighted by atomic mass is 10.2. The van der Waals surface area contributed by atoms with Crippen LogP contribution in [0.4, 0.5) is 0 Å². The van der Waals surface area contributed by atoms with Crippen LogP contribution in [0.2, 0.25) is 0 Å². The predicted octanol–water partition coefficient (Wildman–Crippen LogP) is -0.455. The largest absolute Gasteiger partial charge is 0.479 e. The number of aliphatic carboxylic acids is 2. The van der Waals surface area contributed by atoms with Gasteiger partial charge in [-0.05, 0) is 18.6 Å². The number of thioether (sulfide) groups is 1. The molecular formula is C16H19N3O10S. The molecule has 3 aliphatic heterocycles. The average Bonchev–Trinajstić information content (AvgIpc) is 3.36. The van der Waals surface area contributed by atoms with Gasteiger partial charge in [0.15, 0.2) is 0 Å². The van der Waals surface area contributed by atoms with Crippen LogP contribution >= 0.6 is 11.8 Å². The van der Waals surface area contributed by atoms with Gasteiger partial charge >= 0.3 is 11.9 Å². The average molecular weight is 445 g/mol. The highest BCUT2D eigenvalue weighted by Gasteiger charge is 2.45. The van der Waals surface area contributed by atoms with E-state index in [0.717, 1.165) is 11.5 Å². The molecule has 3 rings (SSSR count). The highest BCUT2D eigenvalue weighted by atomic mass is 32.2. The quantitative estimate of drug-likeness (QED) is 0.430. The molecule has 13 nitrogen and oxygen atoms in total. The molecule has 3 aliphatic rings. The number of carboxylic acids is 2. The lowest BCUT2D eigenvalue weighted by molar-refractivity contribution is -0.253. The first-order valence-electron chi connectivity index (χ1n) is 8.82. The zero-order valence-corrected chi connectivity index (χ0v) is 16.4. The highest BCUT2D eigenvalue weighted by Crippen LogP contribution is 2.20. The van der Waals surface area contributed by atoms with Crippen molar-refractivity contribution >= 4 is 52.4 Å². The number of hydrogen-bond donors (Lipinski definition) is 3. The standard InChI is InChI=1S/C12H12N2O10.C4H7NS/c15-5-1-2-6(16)13(5)23-9(11(19)20)10(12(21)22)24-14-7(17)3-4-8(14)18;5-4-2-1-3-6-4/h9-10H,1-4H2,(H,19,20)(H,21,22);5H,1-3H2. The predicted molar refractivity (Wildman–Crippen MR) is 96.6 cm³/mol. The summed E-state index contributed by atoms with van der Waals surface area (Å²) in [4.78, 5) is 77.8. The number of hydrogen-bond acceptors (Lipinski definition) is 10. The van der Waals surface area contributed by atoms with Crippen molar-refractivity contribution in [1.29, 1.82) is 5.41 Å². The first-order valence-corrected chi connectivity index (χ1v) is 9.81. The molecule has 0 aliphatic carbocycles. The van der Waals surface area contributed by atoms with Gasteiger partial charge in [-0.1, -0.05) is 0 Å². The molecule has 0 bridgehead atoms. The van der Waals surface area contributed by atoms with Gasteiger partial charge in [-0.3, -0.25) is 24.6 Å². The van der Waals surface area contributed by atoms with Gasteiger partial charge in [0.25, 0.3) is 23.6 Å². The van der Waals surface area contributed by atoms with E-state index >= 15 is 0 Å². The maximum absolute atomic E-state index is 11.5. The molecule has 30 heavy (non-hydrogen) atoms. The van der Waals surface area contributed by atoms with Crippen molar-refractivity contribution in [2.45, 2.75) is 50.7 Å². The minimum Gasteiger partial charge on any atom is -0.479 e. The van der Waals surface area contributed by atoms with Crippen molar-refractivity contribution in [3.8, 4) is 0 Å². The highest BCUT2D eigenvalue weighted by molar-refractivity contribution is 8.14. The van der Waals surface area contributed by atoms with Crippen molar-refractivity contribution < 1.29 is 48.7 Å². The lowest BCUT2D eigenvalue weighted by Gasteiger charge is -2.26. The van der Waals surface area contributed by atoms with Crippen molar-refractivity contribution in [2.24, 2.45) is 0 Å². The fraction of sp³-hybridized carbons (Fsp3) is 0.562. The second-order valence-corrected chi connectivity index (χ2v) is 7.46. The molecule has 0 aromatic rings. The monoisotopic (exact) mass is 445 g/mol. The number of hydroxylamine groups is 4. The van der Waals surface area contributed by atoms with E-state index in [1.807, 2.05) is 0 Å². The minimum atomic E-state index is -2.34. The molecule has 3 saturated heterocycles. The van der Waals surface area contributed by atoms with Crippen LogP contribution in [0.15, 0.2) is 0 Å². The van der Waals surface area contributed by atoms with E-state index in [2.05, 4.69) is 9.68 Å². The normalized spacial score (nSPS) is 21.0. The summed E-state index contributed by atoms with van der Waals surface area (Å²) in [5.74, 6) is -5.93. The second-order valence-electron chi connectivity index (χ2n) is 6.27. The molecule has 2 unspecified atom stereocenters. The Morgan fingerprint density at radius 1 is 0.800 bits per heavy atom. The van der Waals surface area contributed by atoms with Crippen LogP contribution in [0.1, 0.15) is 38.5 Å². The van der Waals surface area contributed by atoms with Crippen molar-refractivity contribution in [1.82, 2.24) is 10.1 Å². The Hall–Kier alpha value is -2.84. The number of carbonyl (C=O) groups is 6. The zero-order chi connectivity index (χ0) is 22.4. The fourth-order valence-electron chi connectivity index (χ4n) is 2.53. The Kier molecular flexibility index (Phi) is 8.02. The van der Waals surface area contributed by atoms with E-state index in [4.69, 9.17) is 15.6 Å². The SMILES string of the molecule is N=C1CCCS1.O=C(O)C(ON1C(=O)CCC1=O)C(ON1C(=O)CCC1=O)C(=O)O. The maximum atomic E-state index is 11.5. The number of nitrogens with one attached hydrogen (secondary N) is 1. The molecule has 3 fully saturated rings. The van der Waals surface area contributed by atoms with E-state index < -0.39 is 47.8 Å². The third-order valence-electron chi connectivity index (χ3n) is 4.04. The van der Waals surface area contributed by atoms with Gasteiger partial charge in [-0.2, -0.15) is 10.1 Å². The Labute approximate surface area is 173 Å². The molecule has 2 atom stereocenters. The Bertz CT molecular complexity index is 691. The number of carboxylic acid groups (broad SMARTS) is 2. The van der Waals surface area contributed by atoms with Crippen LogP contribution in [0.3, 0.4) is 0 Å². The van der Waals surface area contributed by atoms with Gasteiger partial charge in [-0.25, -0.2) is 19.3 Å². The first-order chi connectivity index (χ1) is 14.1. The Morgan fingerprint density at radius 3 is 1.37 bits per heavy atom. The van der Waals surface area contributed by atoms with Crippen LogP contribution in [-0.2, 0) is 38.4 Å². The number of carbonyl (C=O) groups excluding carboxylic acids is 4. The van der Waals surface area contributed by atoms with Gasteiger partial charge < -0.3 is 10.2 Å². The molecule has 0 radical (unpaired) electrons. The van der Waals surface area contributed by atoms with Crippen molar-refractivity contribution in [3.63, 3.8) is 0 Å². The lowest BCUT2D eigenvalue weighted by Crippen LogP contribution is -2.51. The summed E-state index contributed by atoms with van der Waals surface area (Å²) in [6, 6.07) is 0. The Morgan fingerprint density at radius 2 is 1.17 bits per heavy atom. The first kappa shape index (κ1) is 23.4. The van der Waals surface area contributed by atoms with E-state index in [0.29, 0.717) is 0 Å². The summed E-state index contributed by atoms with van der Waals surface area (Å²) < 4.78 is 0. The summed E-state index contributed by atoms with van der Waals surface area (Å²) >= 11 is 1.68. The fourth-order valence-corrected chi connectivity index (χ4v) is 3.36. The molecule has 3 heterocycles. The summed E-state index contributed by atoms with van der Waals surface area (Å²) in [6.45, 7) is 0. The topological polar surface area (TPSA) is 192 Å². The van der Waals surface area contributed by atoms with Gasteiger partial charge in [0.2, 0.25) is 12.2 Å². The van der Waals surface area contributed by atoms with Crippen molar-refractivity contribution in [3.05, 3.63) is 0 Å². The summed E-state index contributed by atoms with van der Waals surface area (Å²) in [7, 11) is 0. The van der Waals surface area contributed by atoms with Gasteiger partial charge in [0.05, 0.1) is 5.04 Å². The van der Waals surface area contributed by atoms with Gasteiger partial charge in [-0.15, -0.1) is 11.8 Å². The molecule has 4 amide bonds. The summed E-state index contributed by atoms with van der Waals surface area (Å²) in [5.41, 5.74) is 0. The summed E-state index contributed by atoms with van der Waals surface area (Å²) in [6.07, 6.45) is -3.28. The van der Waals surface area contributed by atoms with Crippen LogP contribution in [0.25, 0.3) is 0 Å². The number of rotatable bonds is 7. The van der Waals surface area contributed by atoms with Gasteiger partial charge in [0.1, 0.15) is 0 Å². The molecule has 3 N–H and O–H groups in total. The van der Waals surface area contributed by atoms with Crippen LogP contribution < -0.4 is 0 Å². The van der Waals surface area contributed by atoms with E-state index in [9.17, 15) is 28.8 Å². The molecule has 0 aromatic carbocycles. The smallest absolute Gasteiger partial charge is 0.339 e. The van der Waals surface area contributed by atoms with Crippen LogP contribution in [0, 0.1) is 5.41 Å². The zero-order valence-electron chi connectivity index (χ0n) is 15.6. The van der Waals surface area contributed by atoms with Crippen molar-refractivity contribution in [2.75, 3.05) is 5.75 Å². The number of imide groups is 2. The third kappa shape index (κ3) is 5.84. The third-order valence-corrected chi connectivity index (χ3v) is 5.08. The van der Waals surface area contributed by atoms with E-state index in [1.165, 1.54) is 12.2 Å². The molecule has 0 spiro atoms. The molecule has 14 heteroatoms. The maximum Gasteiger partial charge on any atom is 0.339 e. The Balaban J connectivity index is 0.000000456. The second kappa shape index (κ2) is 10.3.